The minimum atomic E-state index is 0.125. The standard InChI is InChI=1S/C13H27N3O/c1-4-7-15-12-6-8-16(9-11(12)5-2)10-13(17)14-3/h11-12,15H,4-10H2,1-3H3,(H,14,17). The molecular formula is C13H27N3O. The summed E-state index contributed by atoms with van der Waals surface area (Å²) < 4.78 is 0. The summed E-state index contributed by atoms with van der Waals surface area (Å²) in [6.45, 7) is 8.18. The van der Waals surface area contributed by atoms with E-state index in [4.69, 9.17) is 0 Å². The van der Waals surface area contributed by atoms with E-state index in [9.17, 15) is 4.79 Å². The number of likely N-dealkylation sites (N-methyl/N-ethyl adjacent to an activating group) is 1. The minimum absolute atomic E-state index is 0.125. The van der Waals surface area contributed by atoms with Gasteiger partial charge in [0.1, 0.15) is 0 Å². The van der Waals surface area contributed by atoms with Crippen LogP contribution < -0.4 is 10.6 Å². The van der Waals surface area contributed by atoms with Crippen LogP contribution in [0.3, 0.4) is 0 Å². The lowest BCUT2D eigenvalue weighted by Gasteiger charge is -2.38. The summed E-state index contributed by atoms with van der Waals surface area (Å²) in [5.74, 6) is 0.805. The number of nitrogens with zero attached hydrogens (tertiary/aromatic N) is 1. The van der Waals surface area contributed by atoms with E-state index in [1.807, 2.05) is 0 Å². The molecule has 1 aliphatic heterocycles. The first kappa shape index (κ1) is 14.5. The van der Waals surface area contributed by atoms with Crippen LogP contribution >= 0.6 is 0 Å². The Balaban J connectivity index is 2.40. The minimum Gasteiger partial charge on any atom is -0.358 e. The van der Waals surface area contributed by atoms with Crippen LogP contribution in [0.15, 0.2) is 0 Å². The number of rotatable bonds is 6. The Kier molecular flexibility index (Phi) is 6.52. The molecule has 0 bridgehead atoms. The van der Waals surface area contributed by atoms with Crippen LogP contribution in [0.25, 0.3) is 0 Å². The molecule has 0 aromatic rings. The van der Waals surface area contributed by atoms with Crippen LogP contribution in [0.4, 0.5) is 0 Å². The van der Waals surface area contributed by atoms with Gasteiger partial charge in [0, 0.05) is 26.2 Å². The van der Waals surface area contributed by atoms with Crippen LogP contribution in [0.5, 0.6) is 0 Å². The average Bonchev–Trinajstić information content (AvgIpc) is 2.36. The molecule has 4 nitrogen and oxygen atoms in total. The van der Waals surface area contributed by atoms with Crippen LogP contribution in [0, 0.1) is 5.92 Å². The van der Waals surface area contributed by atoms with Crippen molar-refractivity contribution in [2.75, 3.05) is 33.2 Å². The summed E-state index contributed by atoms with van der Waals surface area (Å²) in [6, 6.07) is 0.640. The molecule has 0 saturated carbocycles. The maximum Gasteiger partial charge on any atom is 0.233 e. The number of hydrogen-bond acceptors (Lipinski definition) is 3. The van der Waals surface area contributed by atoms with Crippen LogP contribution in [0.1, 0.15) is 33.1 Å². The van der Waals surface area contributed by atoms with Gasteiger partial charge in [0.2, 0.25) is 5.91 Å². The Morgan fingerprint density at radius 3 is 2.76 bits per heavy atom. The van der Waals surface area contributed by atoms with Gasteiger partial charge in [0.25, 0.3) is 0 Å². The van der Waals surface area contributed by atoms with Gasteiger partial charge in [-0.25, -0.2) is 0 Å². The van der Waals surface area contributed by atoms with Gasteiger partial charge in [-0.2, -0.15) is 0 Å². The number of carbonyl (C=O) groups excluding carboxylic acids is 1. The van der Waals surface area contributed by atoms with Gasteiger partial charge in [-0.15, -0.1) is 0 Å². The van der Waals surface area contributed by atoms with E-state index in [0.29, 0.717) is 18.5 Å². The average molecular weight is 241 g/mol. The lowest BCUT2D eigenvalue weighted by atomic mass is 9.90. The molecule has 0 aliphatic carbocycles. The molecule has 0 aromatic carbocycles. The third kappa shape index (κ3) is 4.64. The Hall–Kier alpha value is -0.610. The highest BCUT2D eigenvalue weighted by Crippen LogP contribution is 2.19. The summed E-state index contributed by atoms with van der Waals surface area (Å²) in [5, 5.41) is 6.33. The van der Waals surface area contributed by atoms with E-state index in [2.05, 4.69) is 29.4 Å². The van der Waals surface area contributed by atoms with E-state index >= 15 is 0 Å². The Morgan fingerprint density at radius 1 is 1.41 bits per heavy atom. The van der Waals surface area contributed by atoms with Gasteiger partial charge in [0.05, 0.1) is 6.54 Å². The smallest absolute Gasteiger partial charge is 0.233 e. The molecule has 0 aromatic heterocycles. The predicted octanol–water partition coefficient (Wildman–Crippen LogP) is 0.833. The SMILES string of the molecule is CCCNC1CCN(CC(=O)NC)CC1CC. The molecule has 0 radical (unpaired) electrons. The molecule has 1 heterocycles. The van der Waals surface area contributed by atoms with Crippen molar-refractivity contribution in [3.63, 3.8) is 0 Å². The van der Waals surface area contributed by atoms with Crippen molar-refractivity contribution in [1.82, 2.24) is 15.5 Å². The molecule has 100 valence electrons. The van der Waals surface area contributed by atoms with Crippen LogP contribution in [-0.4, -0.2) is 50.1 Å². The topological polar surface area (TPSA) is 44.4 Å². The third-order valence-corrected chi connectivity index (χ3v) is 3.65. The van der Waals surface area contributed by atoms with E-state index < -0.39 is 0 Å². The van der Waals surface area contributed by atoms with E-state index in [-0.39, 0.29) is 5.91 Å². The Labute approximate surface area is 105 Å². The van der Waals surface area contributed by atoms with Crippen molar-refractivity contribution in [1.29, 1.82) is 0 Å². The molecule has 1 rings (SSSR count). The zero-order valence-corrected chi connectivity index (χ0v) is 11.5. The molecule has 2 unspecified atom stereocenters. The first-order chi connectivity index (χ1) is 8.21. The summed E-state index contributed by atoms with van der Waals surface area (Å²) in [7, 11) is 1.70. The first-order valence-electron chi connectivity index (χ1n) is 6.87. The van der Waals surface area contributed by atoms with Gasteiger partial charge in [-0.3, -0.25) is 9.69 Å². The monoisotopic (exact) mass is 241 g/mol. The second-order valence-electron chi connectivity index (χ2n) is 4.93. The summed E-state index contributed by atoms with van der Waals surface area (Å²) in [5.41, 5.74) is 0. The second-order valence-corrected chi connectivity index (χ2v) is 4.93. The Bertz CT molecular complexity index is 233. The van der Waals surface area contributed by atoms with Crippen molar-refractivity contribution >= 4 is 5.91 Å². The van der Waals surface area contributed by atoms with Crippen molar-refractivity contribution in [3.8, 4) is 0 Å². The maximum atomic E-state index is 11.4. The van der Waals surface area contributed by atoms with E-state index in [1.165, 1.54) is 12.8 Å². The van der Waals surface area contributed by atoms with Gasteiger partial charge >= 0.3 is 0 Å². The molecule has 2 N–H and O–H groups in total. The second kappa shape index (κ2) is 7.67. The lowest BCUT2D eigenvalue weighted by Crippen LogP contribution is -2.51. The first-order valence-corrected chi connectivity index (χ1v) is 6.87. The lowest BCUT2D eigenvalue weighted by molar-refractivity contribution is -0.122. The molecule has 4 heteroatoms. The Morgan fingerprint density at radius 2 is 2.18 bits per heavy atom. The van der Waals surface area contributed by atoms with E-state index in [1.54, 1.807) is 7.05 Å². The van der Waals surface area contributed by atoms with E-state index in [0.717, 1.165) is 26.1 Å². The zero-order valence-electron chi connectivity index (χ0n) is 11.5. The number of likely N-dealkylation sites (tertiary alicyclic amines) is 1. The number of hydrogen-bond donors (Lipinski definition) is 2. The largest absolute Gasteiger partial charge is 0.358 e. The fraction of sp³-hybridized carbons (Fsp3) is 0.923. The molecule has 1 saturated heterocycles. The van der Waals surface area contributed by atoms with Gasteiger partial charge in [-0.05, 0) is 25.3 Å². The van der Waals surface area contributed by atoms with Gasteiger partial charge in [0.15, 0.2) is 0 Å². The highest BCUT2D eigenvalue weighted by molar-refractivity contribution is 5.77. The zero-order chi connectivity index (χ0) is 12.7. The van der Waals surface area contributed by atoms with Crippen LogP contribution in [-0.2, 0) is 4.79 Å². The molecular weight excluding hydrogens is 214 g/mol. The fourth-order valence-corrected chi connectivity index (χ4v) is 2.55. The third-order valence-electron chi connectivity index (χ3n) is 3.65. The number of carbonyl (C=O) groups is 1. The quantitative estimate of drug-likeness (QED) is 0.724. The van der Waals surface area contributed by atoms with Gasteiger partial charge in [-0.1, -0.05) is 20.3 Å². The number of nitrogens with one attached hydrogen (secondary N) is 2. The summed E-state index contributed by atoms with van der Waals surface area (Å²) in [4.78, 5) is 13.6. The molecule has 1 fully saturated rings. The van der Waals surface area contributed by atoms with Crippen molar-refractivity contribution in [2.45, 2.75) is 39.2 Å². The van der Waals surface area contributed by atoms with Crippen molar-refractivity contribution < 1.29 is 4.79 Å². The normalized spacial score (nSPS) is 25.8. The summed E-state index contributed by atoms with van der Waals surface area (Å²) in [6.07, 6.45) is 3.54. The number of amides is 1. The predicted molar refractivity (Wildman–Crippen MR) is 71.0 cm³/mol. The maximum absolute atomic E-state index is 11.4. The van der Waals surface area contributed by atoms with Crippen LogP contribution in [0.2, 0.25) is 0 Å². The molecule has 1 amide bonds. The highest BCUT2D eigenvalue weighted by Gasteiger charge is 2.27. The van der Waals surface area contributed by atoms with Crippen molar-refractivity contribution in [2.24, 2.45) is 5.92 Å². The molecule has 1 aliphatic rings. The van der Waals surface area contributed by atoms with Gasteiger partial charge < -0.3 is 10.6 Å². The molecule has 2 atom stereocenters. The molecule has 17 heavy (non-hydrogen) atoms. The molecule has 0 spiro atoms. The number of piperidine rings is 1. The summed E-state index contributed by atoms with van der Waals surface area (Å²) >= 11 is 0. The highest BCUT2D eigenvalue weighted by atomic mass is 16.1. The van der Waals surface area contributed by atoms with Crippen molar-refractivity contribution in [3.05, 3.63) is 0 Å². The fourth-order valence-electron chi connectivity index (χ4n) is 2.55.